The predicted molar refractivity (Wildman–Crippen MR) is 76.3 cm³/mol. The fraction of sp³-hybridized carbons (Fsp3) is 0.467. The second kappa shape index (κ2) is 7.20. The summed E-state index contributed by atoms with van der Waals surface area (Å²) in [5.41, 5.74) is 1.08. The van der Waals surface area contributed by atoms with E-state index in [-0.39, 0.29) is 11.3 Å². The van der Waals surface area contributed by atoms with Gasteiger partial charge in [-0.15, -0.1) is 0 Å². The molecule has 0 aliphatic rings. The van der Waals surface area contributed by atoms with Gasteiger partial charge in [0.1, 0.15) is 5.75 Å². The van der Waals surface area contributed by atoms with Crippen LogP contribution in [0, 0.1) is 19.8 Å². The summed E-state index contributed by atoms with van der Waals surface area (Å²) in [5, 5.41) is 11.5. The lowest BCUT2D eigenvalue weighted by Crippen LogP contribution is -2.40. The first-order valence-corrected chi connectivity index (χ1v) is 6.73. The smallest absolute Gasteiger partial charge is 0.387 e. The van der Waals surface area contributed by atoms with Gasteiger partial charge in [-0.2, -0.15) is 8.78 Å². The van der Waals surface area contributed by atoms with Gasteiger partial charge in [0, 0.05) is 11.6 Å². The first kappa shape index (κ1) is 17.9. The standard InChI is InChI=1S/C15H19F2NO4/c1-7-5-11(6-8(2)12(7)22-15(16)17)13(19)18-10(4)9(3)14(20)21/h5-6,9-10,15H,1-4H3,(H,18,19)(H,20,21). The predicted octanol–water partition coefficient (Wildman–Crippen LogP) is 2.74. The second-order valence-electron chi connectivity index (χ2n) is 5.21. The van der Waals surface area contributed by atoms with Crippen molar-refractivity contribution in [1.82, 2.24) is 5.32 Å². The molecular weight excluding hydrogens is 296 g/mol. The third-order valence-corrected chi connectivity index (χ3v) is 3.43. The van der Waals surface area contributed by atoms with Crippen molar-refractivity contribution < 1.29 is 28.2 Å². The van der Waals surface area contributed by atoms with E-state index in [1.54, 1.807) is 20.8 Å². The van der Waals surface area contributed by atoms with Crippen molar-refractivity contribution in [1.29, 1.82) is 0 Å². The summed E-state index contributed by atoms with van der Waals surface area (Å²) < 4.78 is 29.1. The number of ether oxygens (including phenoxy) is 1. The van der Waals surface area contributed by atoms with E-state index in [0.29, 0.717) is 11.1 Å². The first-order chi connectivity index (χ1) is 10.1. The third kappa shape index (κ3) is 4.41. The van der Waals surface area contributed by atoms with Crippen LogP contribution in [-0.2, 0) is 4.79 Å². The van der Waals surface area contributed by atoms with E-state index >= 15 is 0 Å². The average molecular weight is 315 g/mol. The van der Waals surface area contributed by atoms with Crippen molar-refractivity contribution in [2.45, 2.75) is 40.3 Å². The van der Waals surface area contributed by atoms with Crippen LogP contribution in [-0.4, -0.2) is 29.6 Å². The number of halogens is 2. The summed E-state index contributed by atoms with van der Waals surface area (Å²) in [6.45, 7) is 3.26. The van der Waals surface area contributed by atoms with Gasteiger partial charge in [-0.1, -0.05) is 0 Å². The lowest BCUT2D eigenvalue weighted by molar-refractivity contribution is -0.141. The zero-order valence-electron chi connectivity index (χ0n) is 12.8. The van der Waals surface area contributed by atoms with Crippen LogP contribution in [0.4, 0.5) is 8.78 Å². The molecule has 1 aromatic rings. The lowest BCUT2D eigenvalue weighted by atomic mass is 10.0. The van der Waals surface area contributed by atoms with Gasteiger partial charge in [0.25, 0.3) is 5.91 Å². The van der Waals surface area contributed by atoms with Crippen molar-refractivity contribution in [3.8, 4) is 5.75 Å². The van der Waals surface area contributed by atoms with Gasteiger partial charge in [-0.25, -0.2) is 0 Å². The molecule has 0 spiro atoms. The molecule has 7 heteroatoms. The molecule has 0 aliphatic heterocycles. The molecule has 0 radical (unpaired) electrons. The van der Waals surface area contributed by atoms with E-state index in [1.165, 1.54) is 19.1 Å². The highest BCUT2D eigenvalue weighted by Crippen LogP contribution is 2.26. The minimum Gasteiger partial charge on any atom is -0.481 e. The van der Waals surface area contributed by atoms with Crippen LogP contribution in [0.3, 0.4) is 0 Å². The van der Waals surface area contributed by atoms with E-state index in [2.05, 4.69) is 10.1 Å². The first-order valence-electron chi connectivity index (χ1n) is 6.73. The van der Waals surface area contributed by atoms with Crippen LogP contribution < -0.4 is 10.1 Å². The normalized spacial score (nSPS) is 13.6. The summed E-state index contributed by atoms with van der Waals surface area (Å²) in [7, 11) is 0. The summed E-state index contributed by atoms with van der Waals surface area (Å²) in [4.78, 5) is 23.0. The summed E-state index contributed by atoms with van der Waals surface area (Å²) >= 11 is 0. The van der Waals surface area contributed by atoms with E-state index < -0.39 is 30.4 Å². The molecule has 2 N–H and O–H groups in total. The third-order valence-electron chi connectivity index (χ3n) is 3.43. The largest absolute Gasteiger partial charge is 0.481 e. The van der Waals surface area contributed by atoms with Crippen LogP contribution >= 0.6 is 0 Å². The number of aryl methyl sites for hydroxylation is 2. The molecule has 22 heavy (non-hydrogen) atoms. The maximum atomic E-state index is 12.3. The number of carboxylic acid groups (broad SMARTS) is 1. The number of carbonyl (C=O) groups is 2. The Labute approximate surface area is 127 Å². The topological polar surface area (TPSA) is 75.6 Å². The maximum Gasteiger partial charge on any atom is 0.387 e. The molecule has 1 amide bonds. The second-order valence-corrected chi connectivity index (χ2v) is 5.21. The molecule has 0 bridgehead atoms. The zero-order chi connectivity index (χ0) is 17.0. The Morgan fingerprint density at radius 1 is 1.18 bits per heavy atom. The number of carboxylic acids is 1. The molecule has 2 atom stereocenters. The van der Waals surface area contributed by atoms with Crippen LogP contribution in [0.1, 0.15) is 35.3 Å². The minimum atomic E-state index is -2.94. The number of amides is 1. The SMILES string of the molecule is Cc1cc(C(=O)NC(C)C(C)C(=O)O)cc(C)c1OC(F)F. The summed E-state index contributed by atoms with van der Waals surface area (Å²) in [5.74, 6) is -2.18. The average Bonchev–Trinajstić information content (AvgIpc) is 2.41. The molecular formula is C15H19F2NO4. The molecule has 0 fully saturated rings. The van der Waals surface area contributed by atoms with Gasteiger partial charge in [-0.3, -0.25) is 9.59 Å². The van der Waals surface area contributed by atoms with E-state index in [9.17, 15) is 18.4 Å². The van der Waals surface area contributed by atoms with E-state index in [4.69, 9.17) is 5.11 Å². The molecule has 0 saturated carbocycles. The number of nitrogens with one attached hydrogen (secondary N) is 1. The summed E-state index contributed by atoms with van der Waals surface area (Å²) in [6.07, 6.45) is 0. The monoisotopic (exact) mass is 315 g/mol. The summed E-state index contributed by atoms with van der Waals surface area (Å²) in [6, 6.07) is 2.29. The van der Waals surface area contributed by atoms with Crippen molar-refractivity contribution >= 4 is 11.9 Å². The van der Waals surface area contributed by atoms with Gasteiger partial charge in [0.2, 0.25) is 0 Å². The molecule has 122 valence electrons. The van der Waals surface area contributed by atoms with Crippen LogP contribution in [0.15, 0.2) is 12.1 Å². The van der Waals surface area contributed by atoms with Crippen molar-refractivity contribution in [3.05, 3.63) is 28.8 Å². The number of benzene rings is 1. The van der Waals surface area contributed by atoms with Gasteiger partial charge in [0.05, 0.1) is 5.92 Å². The van der Waals surface area contributed by atoms with Gasteiger partial charge >= 0.3 is 12.6 Å². The Morgan fingerprint density at radius 2 is 1.68 bits per heavy atom. The number of alkyl halides is 2. The van der Waals surface area contributed by atoms with E-state index in [0.717, 1.165) is 0 Å². The molecule has 0 saturated heterocycles. The van der Waals surface area contributed by atoms with Gasteiger partial charge < -0.3 is 15.2 Å². The molecule has 0 aliphatic carbocycles. The lowest BCUT2D eigenvalue weighted by Gasteiger charge is -2.19. The molecule has 2 unspecified atom stereocenters. The number of aliphatic carboxylic acids is 1. The maximum absolute atomic E-state index is 12.3. The van der Waals surface area contributed by atoms with Crippen LogP contribution in [0.2, 0.25) is 0 Å². The van der Waals surface area contributed by atoms with E-state index in [1.807, 2.05) is 0 Å². The van der Waals surface area contributed by atoms with Crippen LogP contribution in [0.25, 0.3) is 0 Å². The molecule has 1 aromatic carbocycles. The van der Waals surface area contributed by atoms with Crippen molar-refractivity contribution in [2.24, 2.45) is 5.92 Å². The fourth-order valence-corrected chi connectivity index (χ4v) is 1.99. The van der Waals surface area contributed by atoms with Crippen molar-refractivity contribution in [3.63, 3.8) is 0 Å². The Morgan fingerprint density at radius 3 is 2.09 bits per heavy atom. The number of rotatable bonds is 6. The quantitative estimate of drug-likeness (QED) is 0.846. The highest BCUT2D eigenvalue weighted by molar-refractivity contribution is 5.95. The Kier molecular flexibility index (Phi) is 5.84. The Bertz CT molecular complexity index is 552. The van der Waals surface area contributed by atoms with Crippen molar-refractivity contribution in [2.75, 3.05) is 0 Å². The fourth-order valence-electron chi connectivity index (χ4n) is 1.99. The number of carbonyl (C=O) groups excluding carboxylic acids is 1. The number of hydrogen-bond acceptors (Lipinski definition) is 3. The Hall–Kier alpha value is -2.18. The minimum absolute atomic E-state index is 0.0403. The molecule has 5 nitrogen and oxygen atoms in total. The molecule has 0 aromatic heterocycles. The molecule has 1 rings (SSSR count). The van der Waals surface area contributed by atoms with Gasteiger partial charge in [0.15, 0.2) is 0 Å². The molecule has 0 heterocycles. The Balaban J connectivity index is 2.94. The zero-order valence-corrected chi connectivity index (χ0v) is 12.8. The highest BCUT2D eigenvalue weighted by Gasteiger charge is 2.22. The van der Waals surface area contributed by atoms with Gasteiger partial charge in [-0.05, 0) is 51.0 Å². The van der Waals surface area contributed by atoms with Crippen LogP contribution in [0.5, 0.6) is 5.75 Å². The number of hydrogen-bond donors (Lipinski definition) is 2. The highest BCUT2D eigenvalue weighted by atomic mass is 19.3.